The lowest BCUT2D eigenvalue weighted by Gasteiger charge is -2.07. The van der Waals surface area contributed by atoms with E-state index in [9.17, 15) is 4.79 Å². The summed E-state index contributed by atoms with van der Waals surface area (Å²) < 4.78 is 0. The number of hydrogen-bond donors (Lipinski definition) is 2. The molecule has 0 unspecified atom stereocenters. The minimum Gasteiger partial charge on any atom is -0.352 e. The van der Waals surface area contributed by atoms with Gasteiger partial charge in [0.05, 0.1) is 0 Å². The Hall–Kier alpha value is -1.62. The number of carbonyl (C=O) groups excluding carboxylic acids is 1. The molecule has 2 heterocycles. The number of halogens is 2. The van der Waals surface area contributed by atoms with E-state index in [4.69, 9.17) is 0 Å². The number of aryl methyl sites for hydroxylation is 1. The number of rotatable bonds is 5. The highest BCUT2D eigenvalue weighted by Gasteiger charge is 2.10. The molecule has 0 bridgehead atoms. The molecule has 2 aromatic rings. The lowest BCUT2D eigenvalue weighted by molar-refractivity contribution is -0.121. The maximum Gasteiger partial charge on any atom is 0.220 e. The van der Waals surface area contributed by atoms with Crippen LogP contribution in [-0.4, -0.2) is 10.9 Å². The molecule has 0 radical (unpaired) electrons. The van der Waals surface area contributed by atoms with Crippen molar-refractivity contribution >= 4 is 30.7 Å². The normalized spacial score (nSPS) is 11.8. The fraction of sp³-hybridized carbons (Fsp3) is 0.294. The van der Waals surface area contributed by atoms with E-state index < -0.39 is 0 Å². The zero-order valence-corrected chi connectivity index (χ0v) is 14.4. The number of aromatic nitrogens is 1. The fourth-order valence-electron chi connectivity index (χ4n) is 2.53. The third-order valence-corrected chi connectivity index (χ3v) is 3.73. The number of pyridine rings is 1. The van der Waals surface area contributed by atoms with E-state index in [0.717, 1.165) is 24.3 Å². The van der Waals surface area contributed by atoms with Gasteiger partial charge in [0.1, 0.15) is 0 Å². The predicted octanol–water partition coefficient (Wildman–Crippen LogP) is 2.78. The minimum absolute atomic E-state index is 0. The summed E-state index contributed by atoms with van der Waals surface area (Å²) in [6.07, 6.45) is 2.91. The molecule has 1 aromatic carbocycles. The lowest BCUT2D eigenvalue weighted by Crippen LogP contribution is -2.23. The van der Waals surface area contributed by atoms with Gasteiger partial charge in [-0.05, 0) is 35.2 Å². The van der Waals surface area contributed by atoms with Crippen LogP contribution in [0, 0.1) is 0 Å². The van der Waals surface area contributed by atoms with Gasteiger partial charge in [0.15, 0.2) is 0 Å². The highest BCUT2D eigenvalue weighted by Crippen LogP contribution is 2.16. The van der Waals surface area contributed by atoms with Crippen molar-refractivity contribution in [1.82, 2.24) is 15.6 Å². The van der Waals surface area contributed by atoms with E-state index in [1.54, 1.807) is 6.20 Å². The van der Waals surface area contributed by atoms with Gasteiger partial charge >= 0.3 is 0 Å². The first-order valence-electron chi connectivity index (χ1n) is 7.29. The van der Waals surface area contributed by atoms with Crippen molar-refractivity contribution in [3.63, 3.8) is 0 Å². The predicted molar refractivity (Wildman–Crippen MR) is 95.9 cm³/mol. The van der Waals surface area contributed by atoms with E-state index in [1.807, 2.05) is 18.2 Å². The minimum atomic E-state index is 0. The average Bonchev–Trinajstić information content (AvgIpc) is 2.99. The molecule has 6 heteroatoms. The molecule has 4 nitrogen and oxygen atoms in total. The molecule has 0 aliphatic carbocycles. The van der Waals surface area contributed by atoms with Gasteiger partial charge in [0, 0.05) is 37.9 Å². The van der Waals surface area contributed by atoms with Gasteiger partial charge in [-0.3, -0.25) is 9.78 Å². The van der Waals surface area contributed by atoms with Gasteiger partial charge in [0.25, 0.3) is 0 Å². The molecule has 0 fully saturated rings. The molecule has 0 saturated carbocycles. The monoisotopic (exact) mass is 353 g/mol. The molecule has 124 valence electrons. The van der Waals surface area contributed by atoms with Gasteiger partial charge in [-0.1, -0.05) is 24.3 Å². The Morgan fingerprint density at radius 3 is 2.74 bits per heavy atom. The molecule has 1 aromatic heterocycles. The molecular formula is C17H21Cl2N3O. The Morgan fingerprint density at radius 1 is 1.13 bits per heavy atom. The summed E-state index contributed by atoms with van der Waals surface area (Å²) in [6.45, 7) is 2.47. The van der Waals surface area contributed by atoms with Crippen molar-refractivity contribution in [3.05, 3.63) is 65.0 Å². The second-order valence-corrected chi connectivity index (χ2v) is 5.30. The van der Waals surface area contributed by atoms with Crippen molar-refractivity contribution in [3.8, 4) is 0 Å². The molecule has 0 atom stereocenters. The van der Waals surface area contributed by atoms with Crippen molar-refractivity contribution in [2.75, 3.05) is 0 Å². The Labute approximate surface area is 148 Å². The Kier molecular flexibility index (Phi) is 8.03. The number of nitrogens with one attached hydrogen (secondary N) is 2. The fourth-order valence-corrected chi connectivity index (χ4v) is 2.53. The number of fused-ring (bicyclic) bond motifs is 1. The number of nitrogens with zero attached hydrogens (tertiary/aromatic N) is 1. The van der Waals surface area contributed by atoms with Crippen LogP contribution in [0.5, 0.6) is 0 Å². The Morgan fingerprint density at radius 2 is 1.96 bits per heavy atom. The molecule has 2 N–H and O–H groups in total. The van der Waals surface area contributed by atoms with Crippen molar-refractivity contribution in [2.24, 2.45) is 0 Å². The lowest BCUT2D eigenvalue weighted by atomic mass is 10.1. The van der Waals surface area contributed by atoms with Crippen LogP contribution in [-0.2, 0) is 30.8 Å². The van der Waals surface area contributed by atoms with Crippen LogP contribution in [0.15, 0.2) is 42.6 Å². The number of benzene rings is 1. The average molecular weight is 354 g/mol. The van der Waals surface area contributed by atoms with Crippen molar-refractivity contribution in [2.45, 2.75) is 32.5 Å². The van der Waals surface area contributed by atoms with Crippen molar-refractivity contribution in [1.29, 1.82) is 0 Å². The first-order chi connectivity index (χ1) is 10.3. The topological polar surface area (TPSA) is 54.0 Å². The summed E-state index contributed by atoms with van der Waals surface area (Å²) >= 11 is 0. The van der Waals surface area contributed by atoms with Crippen LogP contribution in [0.3, 0.4) is 0 Å². The van der Waals surface area contributed by atoms with E-state index in [0.29, 0.717) is 19.4 Å². The number of carbonyl (C=O) groups is 1. The number of amides is 1. The van der Waals surface area contributed by atoms with Gasteiger partial charge in [-0.15, -0.1) is 24.8 Å². The van der Waals surface area contributed by atoms with Crippen molar-refractivity contribution < 1.29 is 4.79 Å². The number of hydrogen-bond acceptors (Lipinski definition) is 3. The van der Waals surface area contributed by atoms with Crippen LogP contribution >= 0.6 is 24.8 Å². The maximum absolute atomic E-state index is 11.9. The molecule has 1 amide bonds. The molecule has 23 heavy (non-hydrogen) atoms. The van der Waals surface area contributed by atoms with Gasteiger partial charge < -0.3 is 10.6 Å². The van der Waals surface area contributed by atoms with Gasteiger partial charge in [0.2, 0.25) is 5.91 Å². The van der Waals surface area contributed by atoms with E-state index >= 15 is 0 Å². The summed E-state index contributed by atoms with van der Waals surface area (Å²) in [7, 11) is 0. The third kappa shape index (κ3) is 5.50. The highest BCUT2D eigenvalue weighted by molar-refractivity contribution is 5.85. The largest absolute Gasteiger partial charge is 0.352 e. The summed E-state index contributed by atoms with van der Waals surface area (Å²) in [5, 5.41) is 6.30. The zero-order valence-electron chi connectivity index (χ0n) is 12.7. The standard InChI is InChI=1S/C17H19N3O.2ClH/c21-17(7-6-16-3-1-2-8-19-16)20-10-13-4-5-14-11-18-12-15(14)9-13;;/h1-5,8-9,18H,6-7,10-12H2,(H,20,21);2*1H. The van der Waals surface area contributed by atoms with Gasteiger partial charge in [-0.25, -0.2) is 0 Å². The summed E-state index contributed by atoms with van der Waals surface area (Å²) in [4.78, 5) is 16.1. The highest BCUT2D eigenvalue weighted by atomic mass is 35.5. The van der Waals surface area contributed by atoms with Crippen LogP contribution in [0.4, 0.5) is 0 Å². The first-order valence-corrected chi connectivity index (χ1v) is 7.29. The Bertz CT molecular complexity index is 635. The smallest absolute Gasteiger partial charge is 0.220 e. The molecule has 1 aliphatic rings. The van der Waals surface area contributed by atoms with E-state index in [2.05, 4.69) is 33.8 Å². The second kappa shape index (κ2) is 9.50. The molecule has 3 rings (SSSR count). The second-order valence-electron chi connectivity index (χ2n) is 5.30. The van der Waals surface area contributed by atoms with Gasteiger partial charge in [-0.2, -0.15) is 0 Å². The van der Waals surface area contributed by atoms with Crippen LogP contribution in [0.25, 0.3) is 0 Å². The zero-order chi connectivity index (χ0) is 14.5. The van der Waals surface area contributed by atoms with Crippen LogP contribution < -0.4 is 10.6 Å². The Balaban J connectivity index is 0.00000132. The summed E-state index contributed by atoms with van der Waals surface area (Å²) in [5.74, 6) is 0.0688. The summed E-state index contributed by atoms with van der Waals surface area (Å²) in [5.41, 5.74) is 4.82. The third-order valence-electron chi connectivity index (χ3n) is 3.73. The molecule has 1 aliphatic heterocycles. The molecule has 0 saturated heterocycles. The van der Waals surface area contributed by atoms with Crippen LogP contribution in [0.2, 0.25) is 0 Å². The van der Waals surface area contributed by atoms with Crippen LogP contribution in [0.1, 0.15) is 28.8 Å². The summed E-state index contributed by atoms with van der Waals surface area (Å²) in [6, 6.07) is 12.2. The SMILES string of the molecule is Cl.Cl.O=C(CCc1ccccn1)NCc1ccc2c(c1)CNC2. The molecule has 0 spiro atoms. The maximum atomic E-state index is 11.9. The van der Waals surface area contributed by atoms with E-state index in [-0.39, 0.29) is 30.7 Å². The quantitative estimate of drug-likeness (QED) is 0.868. The molecular weight excluding hydrogens is 333 g/mol. The first kappa shape index (κ1) is 19.4. The van der Waals surface area contributed by atoms with E-state index in [1.165, 1.54) is 11.1 Å².